The molecule has 0 bridgehead atoms. The van der Waals surface area contributed by atoms with E-state index in [1.54, 1.807) is 17.0 Å². The molecular formula is C17H17NO3. The van der Waals surface area contributed by atoms with E-state index in [-0.39, 0.29) is 24.3 Å². The van der Waals surface area contributed by atoms with E-state index in [0.717, 1.165) is 5.56 Å². The Morgan fingerprint density at radius 2 is 1.90 bits per heavy atom. The van der Waals surface area contributed by atoms with E-state index in [9.17, 15) is 15.0 Å². The molecule has 1 atom stereocenters. The van der Waals surface area contributed by atoms with Gasteiger partial charge in [0.05, 0.1) is 12.6 Å². The van der Waals surface area contributed by atoms with E-state index in [0.29, 0.717) is 18.5 Å². The van der Waals surface area contributed by atoms with Gasteiger partial charge in [0.2, 0.25) is 0 Å². The predicted molar refractivity (Wildman–Crippen MR) is 79.0 cm³/mol. The lowest BCUT2D eigenvalue weighted by molar-refractivity contribution is 0.0544. The molecule has 1 amide bonds. The molecule has 2 N–H and O–H groups in total. The molecule has 21 heavy (non-hydrogen) atoms. The third kappa shape index (κ3) is 2.62. The minimum Gasteiger partial charge on any atom is -0.508 e. The molecule has 4 heteroatoms. The SMILES string of the molecule is O=C(c1cccc(O)c1)N1Cc2ccccc2C[C@H]1CO. The second kappa shape index (κ2) is 5.58. The van der Waals surface area contributed by atoms with E-state index in [1.807, 2.05) is 24.3 Å². The molecule has 108 valence electrons. The van der Waals surface area contributed by atoms with Gasteiger partial charge in [-0.15, -0.1) is 0 Å². The zero-order valence-electron chi connectivity index (χ0n) is 11.6. The highest BCUT2D eigenvalue weighted by atomic mass is 16.3. The lowest BCUT2D eigenvalue weighted by Crippen LogP contribution is -2.46. The van der Waals surface area contributed by atoms with Crippen molar-refractivity contribution in [3.63, 3.8) is 0 Å². The van der Waals surface area contributed by atoms with Gasteiger partial charge >= 0.3 is 0 Å². The van der Waals surface area contributed by atoms with Gasteiger partial charge in [0.15, 0.2) is 0 Å². The third-order valence-corrected chi connectivity index (χ3v) is 3.92. The molecule has 2 aromatic carbocycles. The first-order valence-electron chi connectivity index (χ1n) is 6.96. The fourth-order valence-electron chi connectivity index (χ4n) is 2.79. The number of carbonyl (C=O) groups excluding carboxylic acids is 1. The zero-order valence-corrected chi connectivity index (χ0v) is 11.6. The standard InChI is InChI=1S/C17H17NO3/c19-11-15-8-12-4-1-2-5-14(12)10-18(15)17(21)13-6-3-7-16(20)9-13/h1-7,9,15,19-20H,8,10-11H2/t15-/m0/s1. The number of benzene rings is 2. The molecule has 2 aromatic rings. The maximum atomic E-state index is 12.6. The Morgan fingerprint density at radius 3 is 2.62 bits per heavy atom. The van der Waals surface area contributed by atoms with Crippen molar-refractivity contribution in [3.05, 3.63) is 65.2 Å². The molecule has 0 spiro atoms. The molecule has 0 aliphatic carbocycles. The van der Waals surface area contributed by atoms with E-state index < -0.39 is 0 Å². The second-order valence-electron chi connectivity index (χ2n) is 5.29. The molecule has 0 unspecified atom stereocenters. The molecule has 0 fully saturated rings. The van der Waals surface area contributed by atoms with Crippen LogP contribution in [0, 0.1) is 0 Å². The number of phenols is 1. The highest BCUT2D eigenvalue weighted by Crippen LogP contribution is 2.25. The van der Waals surface area contributed by atoms with Gasteiger partial charge in [-0.1, -0.05) is 30.3 Å². The van der Waals surface area contributed by atoms with Gasteiger partial charge in [-0.2, -0.15) is 0 Å². The molecule has 1 heterocycles. The van der Waals surface area contributed by atoms with Crippen molar-refractivity contribution in [2.45, 2.75) is 19.0 Å². The first-order valence-corrected chi connectivity index (χ1v) is 6.96. The van der Waals surface area contributed by atoms with Crippen LogP contribution in [-0.2, 0) is 13.0 Å². The Labute approximate surface area is 123 Å². The van der Waals surface area contributed by atoms with Crippen molar-refractivity contribution in [3.8, 4) is 5.75 Å². The summed E-state index contributed by atoms with van der Waals surface area (Å²) in [7, 11) is 0. The highest BCUT2D eigenvalue weighted by molar-refractivity contribution is 5.95. The Hall–Kier alpha value is -2.33. The van der Waals surface area contributed by atoms with Crippen LogP contribution in [-0.4, -0.2) is 33.7 Å². The number of hydrogen-bond acceptors (Lipinski definition) is 3. The molecule has 4 nitrogen and oxygen atoms in total. The average Bonchev–Trinajstić information content (AvgIpc) is 2.53. The van der Waals surface area contributed by atoms with E-state index >= 15 is 0 Å². The minimum atomic E-state index is -0.227. The summed E-state index contributed by atoms with van der Waals surface area (Å²) in [5.74, 6) is -0.0988. The summed E-state index contributed by atoms with van der Waals surface area (Å²) in [6.45, 7) is 0.411. The number of aliphatic hydroxyl groups is 1. The van der Waals surface area contributed by atoms with Crippen LogP contribution >= 0.6 is 0 Å². The fourth-order valence-corrected chi connectivity index (χ4v) is 2.79. The Balaban J connectivity index is 1.92. The summed E-state index contributed by atoms with van der Waals surface area (Å²) >= 11 is 0. The Bertz CT molecular complexity index is 669. The van der Waals surface area contributed by atoms with Gasteiger partial charge in [-0.3, -0.25) is 4.79 Å². The minimum absolute atomic E-state index is 0.0683. The van der Waals surface area contributed by atoms with E-state index in [2.05, 4.69) is 0 Å². The van der Waals surface area contributed by atoms with Crippen LogP contribution in [0.1, 0.15) is 21.5 Å². The monoisotopic (exact) mass is 283 g/mol. The lowest BCUT2D eigenvalue weighted by atomic mass is 9.93. The molecule has 0 aromatic heterocycles. The van der Waals surface area contributed by atoms with Crippen molar-refractivity contribution < 1.29 is 15.0 Å². The normalized spacial score (nSPS) is 17.4. The van der Waals surface area contributed by atoms with Crippen molar-refractivity contribution in [1.82, 2.24) is 4.90 Å². The summed E-state index contributed by atoms with van der Waals surface area (Å²) in [6, 6.07) is 14.1. The van der Waals surface area contributed by atoms with Crippen LogP contribution in [0.3, 0.4) is 0 Å². The van der Waals surface area contributed by atoms with E-state index in [4.69, 9.17) is 0 Å². The molecule has 1 aliphatic rings. The van der Waals surface area contributed by atoms with Crippen molar-refractivity contribution >= 4 is 5.91 Å². The zero-order chi connectivity index (χ0) is 14.8. The fraction of sp³-hybridized carbons (Fsp3) is 0.235. The van der Waals surface area contributed by atoms with Gasteiger partial charge < -0.3 is 15.1 Å². The molecule has 0 radical (unpaired) electrons. The largest absolute Gasteiger partial charge is 0.508 e. The van der Waals surface area contributed by atoms with Gasteiger partial charge in [0.25, 0.3) is 5.91 Å². The van der Waals surface area contributed by atoms with Gasteiger partial charge in [0, 0.05) is 12.1 Å². The van der Waals surface area contributed by atoms with Crippen molar-refractivity contribution in [2.75, 3.05) is 6.61 Å². The number of phenolic OH excluding ortho intramolecular Hbond substituents is 1. The number of fused-ring (bicyclic) bond motifs is 1. The average molecular weight is 283 g/mol. The number of aliphatic hydroxyl groups excluding tert-OH is 1. The first-order chi connectivity index (χ1) is 10.2. The summed E-state index contributed by atoms with van der Waals surface area (Å²) in [4.78, 5) is 14.3. The van der Waals surface area contributed by atoms with E-state index in [1.165, 1.54) is 17.7 Å². The number of aromatic hydroxyl groups is 1. The number of nitrogens with zero attached hydrogens (tertiary/aromatic N) is 1. The Kier molecular flexibility index (Phi) is 3.62. The van der Waals surface area contributed by atoms with Crippen LogP contribution in [0.4, 0.5) is 0 Å². The maximum absolute atomic E-state index is 12.6. The molecule has 1 aliphatic heterocycles. The summed E-state index contributed by atoms with van der Waals surface area (Å²) in [6.07, 6.45) is 0.650. The molecule has 0 saturated carbocycles. The number of rotatable bonds is 2. The summed E-state index contributed by atoms with van der Waals surface area (Å²) < 4.78 is 0. The molecule has 3 rings (SSSR count). The number of amides is 1. The quantitative estimate of drug-likeness (QED) is 0.885. The number of hydrogen-bond donors (Lipinski definition) is 2. The van der Waals surface area contributed by atoms with Crippen LogP contribution in [0.2, 0.25) is 0 Å². The first kappa shape index (κ1) is 13.6. The number of carbonyl (C=O) groups is 1. The summed E-state index contributed by atoms with van der Waals surface area (Å²) in [5.41, 5.74) is 2.72. The third-order valence-electron chi connectivity index (χ3n) is 3.92. The maximum Gasteiger partial charge on any atom is 0.254 e. The lowest BCUT2D eigenvalue weighted by Gasteiger charge is -2.36. The van der Waals surface area contributed by atoms with Crippen LogP contribution in [0.25, 0.3) is 0 Å². The molecule has 0 saturated heterocycles. The predicted octanol–water partition coefficient (Wildman–Crippen LogP) is 1.95. The van der Waals surface area contributed by atoms with Crippen LogP contribution in [0.15, 0.2) is 48.5 Å². The van der Waals surface area contributed by atoms with Crippen LogP contribution in [0.5, 0.6) is 5.75 Å². The van der Waals surface area contributed by atoms with Gasteiger partial charge in [-0.25, -0.2) is 0 Å². The van der Waals surface area contributed by atoms with Crippen LogP contribution < -0.4 is 0 Å². The topological polar surface area (TPSA) is 60.8 Å². The molecular weight excluding hydrogens is 266 g/mol. The summed E-state index contributed by atoms with van der Waals surface area (Å²) in [5, 5.41) is 19.1. The van der Waals surface area contributed by atoms with Crippen molar-refractivity contribution in [1.29, 1.82) is 0 Å². The Morgan fingerprint density at radius 1 is 1.14 bits per heavy atom. The second-order valence-corrected chi connectivity index (χ2v) is 5.29. The smallest absolute Gasteiger partial charge is 0.254 e. The van der Waals surface area contributed by atoms with Crippen molar-refractivity contribution in [2.24, 2.45) is 0 Å². The van der Waals surface area contributed by atoms with Gasteiger partial charge in [-0.05, 0) is 35.7 Å². The highest BCUT2D eigenvalue weighted by Gasteiger charge is 2.29. The van der Waals surface area contributed by atoms with Gasteiger partial charge in [0.1, 0.15) is 5.75 Å².